The van der Waals surface area contributed by atoms with Crippen LogP contribution >= 0.6 is 0 Å². The number of carbonyl (C=O) groups is 2. The highest BCUT2D eigenvalue weighted by Crippen LogP contribution is 2.29. The van der Waals surface area contributed by atoms with Crippen LogP contribution in [0.25, 0.3) is 0 Å². The van der Waals surface area contributed by atoms with Crippen molar-refractivity contribution >= 4 is 11.9 Å². The summed E-state index contributed by atoms with van der Waals surface area (Å²) in [5, 5.41) is 18.3. The normalized spacial score (nSPS) is 9.67. The Balaban J connectivity index is 2.48. The van der Waals surface area contributed by atoms with Crippen LogP contribution in [0.15, 0.2) is 42.5 Å². The standard InChI is InChI=1S/C16H10O5/c1-2-10-6-8-11(9-7-10)21-14-12(15(17)18)4-3-5-13(14)16(19)20/h1,3-9H,(H,17,18)(H,19,20). The Morgan fingerprint density at radius 2 is 1.48 bits per heavy atom. The Morgan fingerprint density at radius 3 is 1.90 bits per heavy atom. The van der Waals surface area contributed by atoms with Gasteiger partial charge in [-0.2, -0.15) is 0 Å². The Labute approximate surface area is 120 Å². The lowest BCUT2D eigenvalue weighted by Gasteiger charge is -2.11. The zero-order valence-corrected chi connectivity index (χ0v) is 10.7. The van der Waals surface area contributed by atoms with Crippen molar-refractivity contribution in [1.29, 1.82) is 0 Å². The molecule has 2 aromatic carbocycles. The van der Waals surface area contributed by atoms with E-state index >= 15 is 0 Å². The lowest BCUT2D eigenvalue weighted by molar-refractivity contribution is 0.0692. The molecular formula is C16H10O5. The molecule has 0 bridgehead atoms. The van der Waals surface area contributed by atoms with E-state index in [4.69, 9.17) is 21.4 Å². The second kappa shape index (κ2) is 5.80. The summed E-state index contributed by atoms with van der Waals surface area (Å²) in [7, 11) is 0. The lowest BCUT2D eigenvalue weighted by Crippen LogP contribution is -2.06. The summed E-state index contributed by atoms with van der Waals surface area (Å²) in [6, 6.07) is 10.2. The molecule has 0 spiro atoms. The summed E-state index contributed by atoms with van der Waals surface area (Å²) < 4.78 is 5.43. The van der Waals surface area contributed by atoms with Crippen LogP contribution in [0.5, 0.6) is 11.5 Å². The van der Waals surface area contributed by atoms with Gasteiger partial charge in [-0.15, -0.1) is 6.42 Å². The monoisotopic (exact) mass is 282 g/mol. The first-order valence-electron chi connectivity index (χ1n) is 5.87. The Kier molecular flexibility index (Phi) is 3.91. The maximum Gasteiger partial charge on any atom is 0.339 e. The van der Waals surface area contributed by atoms with Crippen molar-refractivity contribution in [3.63, 3.8) is 0 Å². The summed E-state index contributed by atoms with van der Waals surface area (Å²) in [5.41, 5.74) is 0.180. The van der Waals surface area contributed by atoms with E-state index in [0.717, 1.165) is 0 Å². The molecule has 0 aliphatic heterocycles. The predicted octanol–water partition coefficient (Wildman–Crippen LogP) is 2.86. The maximum atomic E-state index is 11.2. The fraction of sp³-hybridized carbons (Fsp3) is 0. The molecule has 0 atom stereocenters. The fourth-order valence-corrected chi connectivity index (χ4v) is 1.72. The molecule has 104 valence electrons. The van der Waals surface area contributed by atoms with E-state index in [0.29, 0.717) is 11.3 Å². The van der Waals surface area contributed by atoms with Gasteiger partial charge in [0.25, 0.3) is 0 Å². The average Bonchev–Trinajstić information content (AvgIpc) is 2.47. The van der Waals surface area contributed by atoms with Gasteiger partial charge in [0.1, 0.15) is 16.9 Å². The van der Waals surface area contributed by atoms with Gasteiger partial charge in [-0.25, -0.2) is 9.59 Å². The zero-order valence-electron chi connectivity index (χ0n) is 10.7. The third-order valence-electron chi connectivity index (χ3n) is 2.72. The number of terminal acetylenes is 1. The topological polar surface area (TPSA) is 83.8 Å². The van der Waals surface area contributed by atoms with E-state index in [2.05, 4.69) is 5.92 Å². The summed E-state index contributed by atoms with van der Waals surface area (Å²) in [5.74, 6) is -0.0269. The van der Waals surface area contributed by atoms with Crippen molar-refractivity contribution in [3.8, 4) is 23.8 Å². The number of aromatic carboxylic acids is 2. The predicted molar refractivity (Wildman–Crippen MR) is 74.8 cm³/mol. The molecule has 2 aromatic rings. The number of ether oxygens (including phenoxy) is 1. The maximum absolute atomic E-state index is 11.2. The molecule has 0 radical (unpaired) electrons. The Hall–Kier alpha value is -3.26. The molecule has 2 N–H and O–H groups in total. The summed E-state index contributed by atoms with van der Waals surface area (Å²) in [6.07, 6.45) is 5.23. The van der Waals surface area contributed by atoms with Gasteiger partial charge in [-0.3, -0.25) is 0 Å². The van der Waals surface area contributed by atoms with E-state index in [-0.39, 0.29) is 16.9 Å². The molecule has 21 heavy (non-hydrogen) atoms. The number of para-hydroxylation sites is 1. The van der Waals surface area contributed by atoms with Crippen LogP contribution in [-0.2, 0) is 0 Å². The minimum absolute atomic E-state index is 0.217. The smallest absolute Gasteiger partial charge is 0.339 e. The van der Waals surface area contributed by atoms with E-state index in [1.54, 1.807) is 24.3 Å². The van der Waals surface area contributed by atoms with E-state index < -0.39 is 11.9 Å². The Bertz CT molecular complexity index is 706. The van der Waals surface area contributed by atoms with Gasteiger partial charge in [0.2, 0.25) is 0 Å². The van der Waals surface area contributed by atoms with E-state index in [1.165, 1.54) is 18.2 Å². The lowest BCUT2D eigenvalue weighted by atomic mass is 10.1. The number of carboxylic acids is 2. The SMILES string of the molecule is C#Cc1ccc(Oc2c(C(=O)O)cccc2C(=O)O)cc1. The van der Waals surface area contributed by atoms with Crippen molar-refractivity contribution in [2.45, 2.75) is 0 Å². The van der Waals surface area contributed by atoms with E-state index in [1.807, 2.05) is 0 Å². The minimum Gasteiger partial charge on any atom is -0.478 e. The van der Waals surface area contributed by atoms with Crippen LogP contribution in [0.2, 0.25) is 0 Å². The quantitative estimate of drug-likeness (QED) is 0.842. The van der Waals surface area contributed by atoms with Gasteiger partial charge in [0, 0.05) is 5.56 Å². The van der Waals surface area contributed by atoms with Crippen LogP contribution in [0.3, 0.4) is 0 Å². The summed E-state index contributed by atoms with van der Waals surface area (Å²) in [6.45, 7) is 0. The molecule has 0 fully saturated rings. The van der Waals surface area contributed by atoms with Crippen LogP contribution < -0.4 is 4.74 Å². The van der Waals surface area contributed by atoms with Crippen LogP contribution in [0.1, 0.15) is 26.3 Å². The van der Waals surface area contributed by atoms with Crippen molar-refractivity contribution in [2.75, 3.05) is 0 Å². The molecule has 5 heteroatoms. The molecule has 0 saturated carbocycles. The van der Waals surface area contributed by atoms with Crippen molar-refractivity contribution in [2.24, 2.45) is 0 Å². The molecule has 0 aliphatic carbocycles. The molecule has 2 rings (SSSR count). The summed E-state index contributed by atoms with van der Waals surface area (Å²) in [4.78, 5) is 22.4. The van der Waals surface area contributed by atoms with Gasteiger partial charge in [0.05, 0.1) is 0 Å². The highest BCUT2D eigenvalue weighted by atomic mass is 16.5. The molecule has 5 nitrogen and oxygen atoms in total. The molecule has 0 unspecified atom stereocenters. The third-order valence-corrected chi connectivity index (χ3v) is 2.72. The van der Waals surface area contributed by atoms with Crippen LogP contribution in [0.4, 0.5) is 0 Å². The number of rotatable bonds is 4. The van der Waals surface area contributed by atoms with Gasteiger partial charge in [0.15, 0.2) is 5.75 Å². The number of hydrogen-bond donors (Lipinski definition) is 2. The first-order chi connectivity index (χ1) is 10.0. The molecule has 0 saturated heterocycles. The number of carboxylic acid groups (broad SMARTS) is 2. The third kappa shape index (κ3) is 3.01. The van der Waals surface area contributed by atoms with Crippen LogP contribution in [-0.4, -0.2) is 22.2 Å². The molecular weight excluding hydrogens is 272 g/mol. The molecule has 0 aliphatic rings. The number of hydrogen-bond acceptors (Lipinski definition) is 3. The van der Waals surface area contributed by atoms with Crippen molar-refractivity contribution < 1.29 is 24.5 Å². The van der Waals surface area contributed by atoms with Gasteiger partial charge in [-0.05, 0) is 36.4 Å². The number of benzene rings is 2. The molecule has 0 heterocycles. The first-order valence-corrected chi connectivity index (χ1v) is 5.87. The van der Waals surface area contributed by atoms with E-state index in [9.17, 15) is 9.59 Å². The largest absolute Gasteiger partial charge is 0.478 e. The van der Waals surface area contributed by atoms with Crippen molar-refractivity contribution in [3.05, 3.63) is 59.2 Å². The minimum atomic E-state index is -1.27. The summed E-state index contributed by atoms with van der Waals surface area (Å²) >= 11 is 0. The second-order valence-electron chi connectivity index (χ2n) is 4.06. The van der Waals surface area contributed by atoms with Crippen LogP contribution in [0, 0.1) is 12.3 Å². The molecule has 0 aromatic heterocycles. The first kappa shape index (κ1) is 14.2. The second-order valence-corrected chi connectivity index (χ2v) is 4.06. The van der Waals surface area contributed by atoms with Gasteiger partial charge in [-0.1, -0.05) is 12.0 Å². The fourth-order valence-electron chi connectivity index (χ4n) is 1.72. The highest BCUT2D eigenvalue weighted by Gasteiger charge is 2.20. The average molecular weight is 282 g/mol. The zero-order chi connectivity index (χ0) is 15.4. The van der Waals surface area contributed by atoms with Gasteiger partial charge < -0.3 is 14.9 Å². The van der Waals surface area contributed by atoms with Gasteiger partial charge >= 0.3 is 11.9 Å². The highest BCUT2D eigenvalue weighted by molar-refractivity contribution is 5.98. The Morgan fingerprint density at radius 1 is 0.952 bits per heavy atom. The van der Waals surface area contributed by atoms with Crippen molar-refractivity contribution in [1.82, 2.24) is 0 Å². The molecule has 0 amide bonds.